The van der Waals surface area contributed by atoms with Crippen molar-refractivity contribution >= 4 is 0 Å². The highest BCUT2D eigenvalue weighted by Crippen LogP contribution is 2.29. The van der Waals surface area contributed by atoms with E-state index < -0.39 is 0 Å². The van der Waals surface area contributed by atoms with Gasteiger partial charge in [-0.25, -0.2) is 4.98 Å². The molecule has 0 unspecified atom stereocenters. The lowest BCUT2D eigenvalue weighted by Crippen LogP contribution is -2.48. The van der Waals surface area contributed by atoms with Gasteiger partial charge in [-0.1, -0.05) is 0 Å². The number of ether oxygens (including phenoxy) is 1. The molecule has 0 aliphatic carbocycles. The summed E-state index contributed by atoms with van der Waals surface area (Å²) < 4.78 is 6.82. The van der Waals surface area contributed by atoms with Gasteiger partial charge in [-0.3, -0.25) is 0 Å². The zero-order valence-electron chi connectivity index (χ0n) is 7.68. The maximum Gasteiger partial charge on any atom is 0.212 e. The van der Waals surface area contributed by atoms with Crippen LogP contribution in [0, 0.1) is 16.7 Å². The molecule has 0 spiro atoms. The first-order valence-electron chi connectivity index (χ1n) is 4.39. The molecule has 5 heteroatoms. The van der Waals surface area contributed by atoms with E-state index in [0.29, 0.717) is 25.6 Å². The summed E-state index contributed by atoms with van der Waals surface area (Å²) in [5, 5.41) is 17.9. The van der Waals surface area contributed by atoms with Crippen LogP contribution in [0.1, 0.15) is 5.82 Å². The fourth-order valence-electron chi connectivity index (χ4n) is 1.53. The van der Waals surface area contributed by atoms with Crippen molar-refractivity contribution in [3.63, 3.8) is 0 Å². The highest BCUT2D eigenvalue weighted by atomic mass is 16.5. The van der Waals surface area contributed by atoms with Crippen LogP contribution in [0.4, 0.5) is 0 Å². The Bertz CT molecular complexity index is 357. The van der Waals surface area contributed by atoms with Gasteiger partial charge in [0.15, 0.2) is 0 Å². The molecule has 1 aromatic heterocycles. The van der Waals surface area contributed by atoms with E-state index in [1.54, 1.807) is 17.0 Å². The molecule has 0 atom stereocenters. The number of aliphatic hydroxyl groups excluding tert-OH is 1. The maximum absolute atomic E-state index is 9.20. The SMILES string of the molecule is N#Cc1nccn1CC1(CO)COC1. The Morgan fingerprint density at radius 1 is 1.71 bits per heavy atom. The van der Waals surface area contributed by atoms with E-state index in [4.69, 9.17) is 10.00 Å². The highest BCUT2D eigenvalue weighted by molar-refractivity contribution is 5.11. The topological polar surface area (TPSA) is 71.1 Å². The predicted octanol–water partition coefficient (Wildman–Crippen LogP) is -0.236. The fraction of sp³-hybridized carbons (Fsp3) is 0.556. The monoisotopic (exact) mass is 193 g/mol. The number of hydrogen-bond donors (Lipinski definition) is 1. The molecule has 0 bridgehead atoms. The van der Waals surface area contributed by atoms with Gasteiger partial charge < -0.3 is 14.4 Å². The molecule has 2 rings (SSSR count). The summed E-state index contributed by atoms with van der Waals surface area (Å²) in [7, 11) is 0. The molecule has 1 aromatic rings. The van der Waals surface area contributed by atoms with Crippen molar-refractivity contribution < 1.29 is 9.84 Å². The summed E-state index contributed by atoms with van der Waals surface area (Å²) >= 11 is 0. The number of nitriles is 1. The number of aromatic nitrogens is 2. The molecule has 0 saturated carbocycles. The molecule has 0 aromatic carbocycles. The van der Waals surface area contributed by atoms with E-state index in [0.717, 1.165) is 0 Å². The van der Waals surface area contributed by atoms with E-state index in [9.17, 15) is 5.11 Å². The molecule has 0 amide bonds. The second-order valence-electron chi connectivity index (χ2n) is 3.64. The van der Waals surface area contributed by atoms with Gasteiger partial charge in [0, 0.05) is 18.9 Å². The Labute approximate surface area is 81.6 Å². The van der Waals surface area contributed by atoms with Crippen molar-refractivity contribution in [2.24, 2.45) is 5.41 Å². The van der Waals surface area contributed by atoms with Crippen molar-refractivity contribution in [1.82, 2.24) is 9.55 Å². The van der Waals surface area contributed by atoms with Gasteiger partial charge in [0.05, 0.1) is 25.2 Å². The Morgan fingerprint density at radius 3 is 3.00 bits per heavy atom. The second-order valence-corrected chi connectivity index (χ2v) is 3.64. The van der Waals surface area contributed by atoms with E-state index in [1.165, 1.54) is 0 Å². The summed E-state index contributed by atoms with van der Waals surface area (Å²) in [4.78, 5) is 3.89. The number of hydrogen-bond acceptors (Lipinski definition) is 4. The second kappa shape index (κ2) is 3.40. The van der Waals surface area contributed by atoms with Crippen LogP contribution in [0.5, 0.6) is 0 Å². The first kappa shape index (κ1) is 9.19. The van der Waals surface area contributed by atoms with Gasteiger partial charge in [0.1, 0.15) is 6.07 Å². The molecule has 74 valence electrons. The molecule has 2 heterocycles. The summed E-state index contributed by atoms with van der Waals surface area (Å²) in [6, 6.07) is 2.00. The molecular formula is C9H11N3O2. The fourth-order valence-corrected chi connectivity index (χ4v) is 1.53. The normalized spacial score (nSPS) is 18.6. The van der Waals surface area contributed by atoms with Crippen molar-refractivity contribution in [2.45, 2.75) is 6.54 Å². The summed E-state index contributed by atoms with van der Waals surface area (Å²) in [6.45, 7) is 1.77. The van der Waals surface area contributed by atoms with Gasteiger partial charge in [-0.05, 0) is 0 Å². The minimum atomic E-state index is -0.216. The molecule has 1 aliphatic heterocycles. The number of rotatable bonds is 3. The van der Waals surface area contributed by atoms with Crippen LogP contribution in [0.15, 0.2) is 12.4 Å². The van der Waals surface area contributed by atoms with Crippen LogP contribution < -0.4 is 0 Å². The van der Waals surface area contributed by atoms with Crippen molar-refractivity contribution in [3.8, 4) is 6.07 Å². The zero-order chi connectivity index (χ0) is 10.0. The summed E-state index contributed by atoms with van der Waals surface area (Å²) in [5.74, 6) is 0.379. The van der Waals surface area contributed by atoms with Crippen molar-refractivity contribution in [1.29, 1.82) is 5.26 Å². The van der Waals surface area contributed by atoms with Gasteiger partial charge in [0.2, 0.25) is 5.82 Å². The molecule has 5 nitrogen and oxygen atoms in total. The van der Waals surface area contributed by atoms with Crippen LogP contribution in [0.3, 0.4) is 0 Å². The lowest BCUT2D eigenvalue weighted by atomic mass is 9.87. The number of aliphatic hydroxyl groups is 1. The largest absolute Gasteiger partial charge is 0.396 e. The average molecular weight is 193 g/mol. The molecule has 1 fully saturated rings. The van der Waals surface area contributed by atoms with Crippen LogP contribution in [-0.4, -0.2) is 34.5 Å². The van der Waals surface area contributed by atoms with Crippen molar-refractivity contribution in [3.05, 3.63) is 18.2 Å². The van der Waals surface area contributed by atoms with E-state index in [-0.39, 0.29) is 12.0 Å². The zero-order valence-corrected chi connectivity index (χ0v) is 7.68. The van der Waals surface area contributed by atoms with Gasteiger partial charge in [-0.2, -0.15) is 5.26 Å². The smallest absolute Gasteiger partial charge is 0.212 e. The standard InChI is InChI=1S/C9H11N3O2/c10-3-8-11-1-2-12(8)4-9(5-13)6-14-7-9/h1-2,13H,4-7H2. The van der Waals surface area contributed by atoms with Crippen LogP contribution in [0.2, 0.25) is 0 Å². The average Bonchev–Trinajstić information content (AvgIpc) is 2.58. The number of imidazole rings is 1. The Kier molecular flexibility index (Phi) is 2.23. The molecule has 1 aliphatic rings. The Balaban J connectivity index is 2.14. The van der Waals surface area contributed by atoms with Gasteiger partial charge in [-0.15, -0.1) is 0 Å². The third-order valence-electron chi connectivity index (χ3n) is 2.47. The van der Waals surface area contributed by atoms with Crippen LogP contribution >= 0.6 is 0 Å². The molecule has 1 N–H and O–H groups in total. The predicted molar refractivity (Wildman–Crippen MR) is 47.3 cm³/mol. The van der Waals surface area contributed by atoms with Crippen molar-refractivity contribution in [2.75, 3.05) is 19.8 Å². The lowest BCUT2D eigenvalue weighted by molar-refractivity contribution is -0.144. The highest BCUT2D eigenvalue weighted by Gasteiger charge is 2.38. The minimum absolute atomic E-state index is 0.0794. The third kappa shape index (κ3) is 1.39. The molecule has 0 radical (unpaired) electrons. The van der Waals surface area contributed by atoms with E-state index >= 15 is 0 Å². The Morgan fingerprint density at radius 2 is 2.50 bits per heavy atom. The maximum atomic E-state index is 9.20. The number of nitrogens with zero attached hydrogens (tertiary/aromatic N) is 3. The summed E-state index contributed by atoms with van der Waals surface area (Å²) in [5.41, 5.74) is -0.216. The Hall–Kier alpha value is -1.38. The third-order valence-corrected chi connectivity index (χ3v) is 2.47. The first-order chi connectivity index (χ1) is 6.79. The quantitative estimate of drug-likeness (QED) is 0.719. The van der Waals surface area contributed by atoms with Gasteiger partial charge >= 0.3 is 0 Å². The van der Waals surface area contributed by atoms with Crippen LogP contribution in [-0.2, 0) is 11.3 Å². The van der Waals surface area contributed by atoms with Gasteiger partial charge in [0.25, 0.3) is 0 Å². The molecule has 1 saturated heterocycles. The minimum Gasteiger partial charge on any atom is -0.396 e. The summed E-state index contributed by atoms with van der Waals surface area (Å²) in [6.07, 6.45) is 3.33. The lowest BCUT2D eigenvalue weighted by Gasteiger charge is -2.40. The van der Waals surface area contributed by atoms with E-state index in [2.05, 4.69) is 4.98 Å². The van der Waals surface area contributed by atoms with Crippen LogP contribution in [0.25, 0.3) is 0 Å². The first-order valence-corrected chi connectivity index (χ1v) is 4.39. The molecule has 14 heavy (non-hydrogen) atoms. The molecular weight excluding hydrogens is 182 g/mol. The van der Waals surface area contributed by atoms with E-state index in [1.807, 2.05) is 6.07 Å².